The Morgan fingerprint density at radius 2 is 2.20 bits per heavy atom. The lowest BCUT2D eigenvalue weighted by atomic mass is 10.1. The number of ketones is 1. The van der Waals surface area contributed by atoms with E-state index in [2.05, 4.69) is 11.1 Å². The molecular weight excluding hydrogens is 188 g/mol. The van der Waals surface area contributed by atoms with E-state index in [0.29, 0.717) is 11.3 Å². The minimum atomic E-state index is 0.00310. The first kappa shape index (κ1) is 9.65. The van der Waals surface area contributed by atoms with E-state index in [1.54, 1.807) is 36.8 Å². The predicted molar refractivity (Wildman–Crippen MR) is 56.6 cm³/mol. The van der Waals surface area contributed by atoms with Crippen molar-refractivity contribution in [2.24, 2.45) is 0 Å². The Bertz CT molecular complexity index is 459. The molecule has 0 atom stereocenters. The fourth-order valence-electron chi connectivity index (χ4n) is 1.45. The summed E-state index contributed by atoms with van der Waals surface area (Å²) in [6.45, 7) is 2.73. The van der Waals surface area contributed by atoms with Gasteiger partial charge in [0.15, 0.2) is 0 Å². The average Bonchev–Trinajstić information content (AvgIpc) is 2.77. The SMILES string of the molecule is CCn1cncc1C(=O)c1cc[c]cc1. The van der Waals surface area contributed by atoms with Crippen LogP contribution >= 0.6 is 0 Å². The molecule has 1 heterocycles. The molecule has 0 saturated heterocycles. The number of aromatic nitrogens is 2. The maximum Gasteiger partial charge on any atom is 0.211 e. The zero-order valence-electron chi connectivity index (χ0n) is 8.47. The molecule has 0 saturated carbocycles. The van der Waals surface area contributed by atoms with E-state index in [9.17, 15) is 4.79 Å². The van der Waals surface area contributed by atoms with E-state index < -0.39 is 0 Å². The van der Waals surface area contributed by atoms with Crippen molar-refractivity contribution in [1.82, 2.24) is 9.55 Å². The first-order valence-corrected chi connectivity index (χ1v) is 4.84. The average molecular weight is 199 g/mol. The number of carbonyl (C=O) groups is 1. The maximum atomic E-state index is 12.0. The minimum absolute atomic E-state index is 0.00310. The molecule has 0 N–H and O–H groups in total. The Balaban J connectivity index is 2.37. The van der Waals surface area contributed by atoms with E-state index in [-0.39, 0.29) is 5.78 Å². The van der Waals surface area contributed by atoms with Crippen LogP contribution in [0.15, 0.2) is 36.8 Å². The third-order valence-electron chi connectivity index (χ3n) is 2.27. The lowest BCUT2D eigenvalue weighted by Gasteiger charge is -2.03. The molecule has 15 heavy (non-hydrogen) atoms. The highest BCUT2D eigenvalue weighted by Gasteiger charge is 2.12. The Morgan fingerprint density at radius 3 is 2.87 bits per heavy atom. The number of benzene rings is 1. The van der Waals surface area contributed by atoms with Crippen LogP contribution in [0.4, 0.5) is 0 Å². The van der Waals surface area contributed by atoms with Crippen LogP contribution in [0.25, 0.3) is 0 Å². The zero-order valence-corrected chi connectivity index (χ0v) is 8.47. The molecule has 0 unspecified atom stereocenters. The highest BCUT2D eigenvalue weighted by atomic mass is 16.1. The third-order valence-corrected chi connectivity index (χ3v) is 2.27. The summed E-state index contributed by atoms with van der Waals surface area (Å²) in [5, 5.41) is 0. The van der Waals surface area contributed by atoms with Crippen LogP contribution in [-0.4, -0.2) is 15.3 Å². The monoisotopic (exact) mass is 199 g/mol. The standard InChI is InChI=1S/C12H11N2O/c1-2-14-9-13-8-11(14)12(15)10-6-4-3-5-7-10/h4-9H,2H2,1H3. The van der Waals surface area contributed by atoms with Crippen molar-refractivity contribution in [2.45, 2.75) is 13.5 Å². The molecule has 0 bridgehead atoms. The number of aryl methyl sites for hydroxylation is 1. The molecule has 0 spiro atoms. The second-order valence-electron chi connectivity index (χ2n) is 3.18. The second-order valence-corrected chi connectivity index (χ2v) is 3.18. The topological polar surface area (TPSA) is 34.9 Å². The lowest BCUT2D eigenvalue weighted by Crippen LogP contribution is -2.08. The van der Waals surface area contributed by atoms with Gasteiger partial charge in [-0.3, -0.25) is 4.79 Å². The summed E-state index contributed by atoms with van der Waals surface area (Å²) < 4.78 is 1.83. The number of hydrogen-bond donors (Lipinski definition) is 0. The van der Waals surface area contributed by atoms with Crippen molar-refractivity contribution < 1.29 is 4.79 Å². The van der Waals surface area contributed by atoms with E-state index in [1.165, 1.54) is 0 Å². The molecule has 3 heteroatoms. The van der Waals surface area contributed by atoms with Gasteiger partial charge < -0.3 is 4.57 Å². The van der Waals surface area contributed by atoms with Gasteiger partial charge in [0, 0.05) is 12.1 Å². The van der Waals surface area contributed by atoms with Crippen LogP contribution < -0.4 is 0 Å². The summed E-state index contributed by atoms with van der Waals surface area (Å²) in [5.41, 5.74) is 1.30. The van der Waals surface area contributed by atoms with Gasteiger partial charge >= 0.3 is 0 Å². The number of hydrogen-bond acceptors (Lipinski definition) is 2. The number of carbonyl (C=O) groups excluding carboxylic acids is 1. The summed E-state index contributed by atoms with van der Waals surface area (Å²) >= 11 is 0. The van der Waals surface area contributed by atoms with Crippen LogP contribution in [0.3, 0.4) is 0 Å². The molecule has 0 aliphatic carbocycles. The van der Waals surface area contributed by atoms with Crippen LogP contribution in [-0.2, 0) is 6.54 Å². The van der Waals surface area contributed by atoms with Crippen molar-refractivity contribution in [3.8, 4) is 0 Å². The number of rotatable bonds is 3. The predicted octanol–water partition coefficient (Wildman–Crippen LogP) is 1.93. The van der Waals surface area contributed by atoms with Gasteiger partial charge in [0.2, 0.25) is 5.78 Å². The van der Waals surface area contributed by atoms with Gasteiger partial charge in [0.05, 0.1) is 12.5 Å². The smallest absolute Gasteiger partial charge is 0.211 e. The number of nitrogens with zero attached hydrogens (tertiary/aromatic N) is 2. The minimum Gasteiger partial charge on any atom is -0.328 e. The summed E-state index contributed by atoms with van der Waals surface area (Å²) in [4.78, 5) is 16.0. The van der Waals surface area contributed by atoms with Gasteiger partial charge in [-0.25, -0.2) is 4.98 Å². The van der Waals surface area contributed by atoms with Crippen LogP contribution in [0.5, 0.6) is 0 Å². The molecule has 1 aromatic carbocycles. The summed E-state index contributed by atoms with van der Waals surface area (Å²) in [7, 11) is 0. The summed E-state index contributed by atoms with van der Waals surface area (Å²) in [6.07, 6.45) is 3.27. The Hall–Kier alpha value is -1.90. The molecule has 75 valence electrons. The fraction of sp³-hybridized carbons (Fsp3) is 0.167. The summed E-state index contributed by atoms with van der Waals surface area (Å²) in [5.74, 6) is 0.00310. The van der Waals surface area contributed by atoms with Crippen LogP contribution in [0, 0.1) is 6.07 Å². The fourth-order valence-corrected chi connectivity index (χ4v) is 1.45. The third kappa shape index (κ3) is 1.81. The van der Waals surface area contributed by atoms with Crippen molar-refractivity contribution in [3.05, 3.63) is 54.1 Å². The van der Waals surface area contributed by atoms with Crippen molar-refractivity contribution in [2.75, 3.05) is 0 Å². The highest BCUT2D eigenvalue weighted by Crippen LogP contribution is 2.08. The first-order valence-electron chi connectivity index (χ1n) is 4.84. The molecule has 0 fully saturated rings. The molecule has 1 radical (unpaired) electrons. The zero-order chi connectivity index (χ0) is 10.7. The van der Waals surface area contributed by atoms with Crippen molar-refractivity contribution in [3.63, 3.8) is 0 Å². The Kier molecular flexibility index (Phi) is 2.63. The maximum absolute atomic E-state index is 12.0. The van der Waals surface area contributed by atoms with Gasteiger partial charge in [-0.1, -0.05) is 24.3 Å². The molecule has 3 nitrogen and oxygen atoms in total. The van der Waals surface area contributed by atoms with Crippen molar-refractivity contribution in [1.29, 1.82) is 0 Å². The van der Waals surface area contributed by atoms with E-state index in [0.717, 1.165) is 6.54 Å². The molecular formula is C12H11N2O. The van der Waals surface area contributed by atoms with Crippen LogP contribution in [0.2, 0.25) is 0 Å². The molecule has 2 aromatic rings. The van der Waals surface area contributed by atoms with E-state index >= 15 is 0 Å². The Morgan fingerprint density at radius 1 is 1.47 bits per heavy atom. The molecule has 0 aliphatic rings. The van der Waals surface area contributed by atoms with E-state index in [1.807, 2.05) is 11.5 Å². The van der Waals surface area contributed by atoms with Gasteiger partial charge in [0.25, 0.3) is 0 Å². The van der Waals surface area contributed by atoms with E-state index in [4.69, 9.17) is 0 Å². The van der Waals surface area contributed by atoms with Crippen molar-refractivity contribution >= 4 is 5.78 Å². The largest absolute Gasteiger partial charge is 0.328 e. The lowest BCUT2D eigenvalue weighted by molar-refractivity contribution is 0.103. The first-order chi connectivity index (χ1) is 7.33. The normalized spacial score (nSPS) is 10.2. The van der Waals surface area contributed by atoms with Gasteiger partial charge in [-0.15, -0.1) is 0 Å². The van der Waals surface area contributed by atoms with Gasteiger partial charge in [0.1, 0.15) is 5.69 Å². The molecule has 0 amide bonds. The van der Waals surface area contributed by atoms with Crippen LogP contribution in [0.1, 0.15) is 23.0 Å². The summed E-state index contributed by atoms with van der Waals surface area (Å²) in [6, 6.07) is 9.88. The highest BCUT2D eigenvalue weighted by molar-refractivity contribution is 6.07. The molecule has 2 rings (SSSR count). The van der Waals surface area contributed by atoms with Gasteiger partial charge in [-0.05, 0) is 13.0 Å². The second kappa shape index (κ2) is 4.09. The molecule has 1 aromatic heterocycles. The van der Waals surface area contributed by atoms with Gasteiger partial charge in [-0.2, -0.15) is 0 Å². The molecule has 0 aliphatic heterocycles. The number of imidazole rings is 1. The quantitative estimate of drug-likeness (QED) is 0.708. The Labute approximate surface area is 88.4 Å².